The van der Waals surface area contributed by atoms with E-state index < -0.39 is 0 Å². The van der Waals surface area contributed by atoms with Crippen molar-refractivity contribution in [2.75, 3.05) is 0 Å². The molecule has 0 aliphatic heterocycles. The standard InChI is InChI=1S/C10H10BrFN2O.2H2S/c11-8-2-1-5(3-9(8)12)6-4-7(6)10(13)14-15;;/h1-3,6-7,15H,4H2,(H2,13,14);2*1H2/t6-,7+;;/m1../s1. The van der Waals surface area contributed by atoms with Gasteiger partial charge < -0.3 is 10.9 Å². The van der Waals surface area contributed by atoms with Gasteiger partial charge in [-0.2, -0.15) is 27.0 Å². The van der Waals surface area contributed by atoms with Crippen molar-refractivity contribution in [1.82, 2.24) is 0 Å². The lowest BCUT2D eigenvalue weighted by molar-refractivity contribution is 0.316. The second kappa shape index (κ2) is 6.51. The van der Waals surface area contributed by atoms with Crippen LogP contribution in [0.1, 0.15) is 17.9 Å². The van der Waals surface area contributed by atoms with Crippen molar-refractivity contribution in [2.24, 2.45) is 16.8 Å². The zero-order valence-electron chi connectivity index (χ0n) is 8.82. The highest BCUT2D eigenvalue weighted by Crippen LogP contribution is 2.47. The van der Waals surface area contributed by atoms with Gasteiger partial charge in [0.15, 0.2) is 0 Å². The zero-order chi connectivity index (χ0) is 11.0. The first-order valence-corrected chi connectivity index (χ1v) is 5.35. The molecule has 0 aromatic heterocycles. The van der Waals surface area contributed by atoms with E-state index in [1.807, 2.05) is 6.07 Å². The first kappa shape index (κ1) is 16.6. The Morgan fingerprint density at radius 3 is 2.65 bits per heavy atom. The van der Waals surface area contributed by atoms with Gasteiger partial charge in [-0.25, -0.2) is 4.39 Å². The molecule has 0 saturated heterocycles. The van der Waals surface area contributed by atoms with E-state index in [9.17, 15) is 4.39 Å². The fourth-order valence-corrected chi connectivity index (χ4v) is 1.95. The summed E-state index contributed by atoms with van der Waals surface area (Å²) in [6, 6.07) is 5.01. The molecule has 7 heteroatoms. The normalized spacial score (nSPS) is 22.4. The molecule has 1 saturated carbocycles. The number of oxime groups is 1. The molecule has 1 fully saturated rings. The van der Waals surface area contributed by atoms with Gasteiger partial charge in [0.05, 0.1) is 4.47 Å². The van der Waals surface area contributed by atoms with Crippen LogP contribution in [0.2, 0.25) is 0 Å². The van der Waals surface area contributed by atoms with E-state index in [-0.39, 0.29) is 50.5 Å². The highest BCUT2D eigenvalue weighted by molar-refractivity contribution is 9.10. The predicted octanol–water partition coefficient (Wildman–Crippen LogP) is 2.66. The van der Waals surface area contributed by atoms with Crippen LogP contribution < -0.4 is 5.73 Å². The number of nitrogens with two attached hydrogens (primary N) is 1. The van der Waals surface area contributed by atoms with Crippen molar-refractivity contribution in [3.63, 3.8) is 0 Å². The van der Waals surface area contributed by atoms with Crippen LogP contribution in [0.5, 0.6) is 0 Å². The number of nitrogens with zero attached hydrogens (tertiary/aromatic N) is 1. The summed E-state index contributed by atoms with van der Waals surface area (Å²) in [6.07, 6.45) is 0.816. The van der Waals surface area contributed by atoms with Crippen LogP contribution in [0.3, 0.4) is 0 Å². The van der Waals surface area contributed by atoms with E-state index in [2.05, 4.69) is 21.1 Å². The fourth-order valence-electron chi connectivity index (χ4n) is 1.71. The molecule has 0 heterocycles. The molecule has 0 amide bonds. The van der Waals surface area contributed by atoms with Gasteiger partial charge in [-0.1, -0.05) is 11.2 Å². The Hall–Kier alpha value is -0.400. The SMILES string of the molecule is N/C(=N/O)[C@H]1C[C@@H]1c1ccc(Br)c(F)c1.S.S. The van der Waals surface area contributed by atoms with E-state index in [0.29, 0.717) is 4.47 Å². The fraction of sp³-hybridized carbons (Fsp3) is 0.300. The Bertz CT molecular complexity index is 431. The number of halogens is 2. The molecule has 2 rings (SSSR count). The Kier molecular flexibility index (Phi) is 6.36. The van der Waals surface area contributed by atoms with Crippen LogP contribution in [-0.4, -0.2) is 11.0 Å². The lowest BCUT2D eigenvalue weighted by atomic mass is 10.1. The highest BCUT2D eigenvalue weighted by Gasteiger charge is 2.41. The van der Waals surface area contributed by atoms with Gasteiger partial charge in [-0.05, 0) is 46.0 Å². The third-order valence-corrected chi connectivity index (χ3v) is 3.30. The molecule has 1 aromatic carbocycles. The molecule has 1 aliphatic carbocycles. The summed E-state index contributed by atoms with van der Waals surface area (Å²) in [4.78, 5) is 0. The topological polar surface area (TPSA) is 58.6 Å². The molecule has 1 aromatic rings. The van der Waals surface area contributed by atoms with Crippen LogP contribution in [-0.2, 0) is 0 Å². The van der Waals surface area contributed by atoms with Crippen LogP contribution in [0.15, 0.2) is 27.8 Å². The smallest absolute Gasteiger partial charge is 0.142 e. The Labute approximate surface area is 121 Å². The van der Waals surface area contributed by atoms with Crippen molar-refractivity contribution < 1.29 is 9.60 Å². The van der Waals surface area contributed by atoms with Gasteiger partial charge in [0, 0.05) is 5.92 Å². The van der Waals surface area contributed by atoms with Crippen LogP contribution >= 0.6 is 42.9 Å². The average molecular weight is 341 g/mol. The minimum absolute atomic E-state index is 0. The summed E-state index contributed by atoms with van der Waals surface area (Å²) < 4.78 is 13.7. The second-order valence-corrected chi connectivity index (χ2v) is 4.50. The minimum atomic E-state index is -0.280. The Morgan fingerprint density at radius 2 is 2.12 bits per heavy atom. The molecule has 2 atom stereocenters. The van der Waals surface area contributed by atoms with Crippen molar-refractivity contribution in [2.45, 2.75) is 12.3 Å². The summed E-state index contributed by atoms with van der Waals surface area (Å²) in [5.41, 5.74) is 6.37. The van der Waals surface area contributed by atoms with Crippen molar-refractivity contribution in [3.8, 4) is 0 Å². The molecule has 0 unspecified atom stereocenters. The molecule has 0 bridgehead atoms. The summed E-state index contributed by atoms with van der Waals surface area (Å²) in [5, 5.41) is 11.4. The Balaban J connectivity index is 0.00000128. The number of hydrogen-bond acceptors (Lipinski definition) is 2. The molecule has 3 N–H and O–H groups in total. The van der Waals surface area contributed by atoms with Gasteiger partial charge in [0.25, 0.3) is 0 Å². The molecular formula is C10H14BrFN2OS2. The third-order valence-electron chi connectivity index (χ3n) is 2.66. The van der Waals surface area contributed by atoms with Gasteiger partial charge in [0.2, 0.25) is 0 Å². The van der Waals surface area contributed by atoms with E-state index in [1.165, 1.54) is 6.07 Å². The average Bonchev–Trinajstić information content (AvgIpc) is 3.01. The van der Waals surface area contributed by atoms with E-state index >= 15 is 0 Å². The predicted molar refractivity (Wildman–Crippen MR) is 79.1 cm³/mol. The number of amidine groups is 1. The molecular weight excluding hydrogens is 327 g/mol. The minimum Gasteiger partial charge on any atom is -0.409 e. The summed E-state index contributed by atoms with van der Waals surface area (Å²) >= 11 is 3.09. The molecule has 1 aliphatic rings. The van der Waals surface area contributed by atoms with Gasteiger partial charge in [-0.15, -0.1) is 0 Å². The van der Waals surface area contributed by atoms with Gasteiger partial charge >= 0.3 is 0 Å². The third kappa shape index (κ3) is 3.53. The van der Waals surface area contributed by atoms with Gasteiger partial charge in [-0.3, -0.25) is 0 Å². The summed E-state index contributed by atoms with van der Waals surface area (Å²) in [6.45, 7) is 0. The number of hydrogen-bond donors (Lipinski definition) is 2. The van der Waals surface area contributed by atoms with E-state index in [1.54, 1.807) is 6.07 Å². The number of rotatable bonds is 2. The molecule has 96 valence electrons. The summed E-state index contributed by atoms with van der Waals surface area (Å²) in [7, 11) is 0. The maximum Gasteiger partial charge on any atom is 0.142 e. The largest absolute Gasteiger partial charge is 0.409 e. The van der Waals surface area contributed by atoms with Crippen LogP contribution in [0.25, 0.3) is 0 Å². The van der Waals surface area contributed by atoms with E-state index in [0.717, 1.165) is 12.0 Å². The lowest BCUT2D eigenvalue weighted by Crippen LogP contribution is -2.14. The molecule has 3 nitrogen and oxygen atoms in total. The first-order valence-electron chi connectivity index (χ1n) is 4.56. The van der Waals surface area contributed by atoms with Crippen LogP contribution in [0.4, 0.5) is 4.39 Å². The molecule has 17 heavy (non-hydrogen) atoms. The van der Waals surface area contributed by atoms with Gasteiger partial charge in [0.1, 0.15) is 11.7 Å². The quantitative estimate of drug-likeness (QED) is 0.376. The maximum absolute atomic E-state index is 13.2. The van der Waals surface area contributed by atoms with Crippen molar-refractivity contribution in [1.29, 1.82) is 0 Å². The zero-order valence-corrected chi connectivity index (χ0v) is 12.4. The van der Waals surface area contributed by atoms with Crippen molar-refractivity contribution >= 4 is 48.8 Å². The lowest BCUT2D eigenvalue weighted by Gasteiger charge is -2.01. The first-order chi connectivity index (χ1) is 7.13. The summed E-state index contributed by atoms with van der Waals surface area (Å²) in [5.74, 6) is 0.181. The Morgan fingerprint density at radius 1 is 1.47 bits per heavy atom. The van der Waals surface area contributed by atoms with E-state index in [4.69, 9.17) is 10.9 Å². The second-order valence-electron chi connectivity index (χ2n) is 3.65. The number of benzene rings is 1. The molecule has 0 radical (unpaired) electrons. The van der Waals surface area contributed by atoms with Crippen LogP contribution in [0, 0.1) is 11.7 Å². The maximum atomic E-state index is 13.2. The molecule has 0 spiro atoms. The highest BCUT2D eigenvalue weighted by atomic mass is 79.9. The monoisotopic (exact) mass is 340 g/mol. The van der Waals surface area contributed by atoms with Crippen molar-refractivity contribution in [3.05, 3.63) is 34.1 Å².